The van der Waals surface area contributed by atoms with E-state index in [2.05, 4.69) is 10.6 Å². The maximum absolute atomic E-state index is 12.9. The maximum Gasteiger partial charge on any atom is 0.243 e. The van der Waals surface area contributed by atoms with Crippen molar-refractivity contribution in [1.29, 1.82) is 0 Å². The first-order chi connectivity index (χ1) is 12.2. The quantitative estimate of drug-likeness (QED) is 0.808. The highest BCUT2D eigenvalue weighted by molar-refractivity contribution is 5.93. The number of hydrogen-bond donors (Lipinski definition) is 2. The molecular formula is C19H21FN2O3. The van der Waals surface area contributed by atoms with Crippen LogP contribution in [0.2, 0.25) is 0 Å². The number of para-hydroxylation sites is 2. The third-order valence-corrected chi connectivity index (χ3v) is 3.90. The Labute approximate surface area is 146 Å². The molecule has 132 valence electrons. The zero-order chi connectivity index (χ0) is 17.5. The van der Waals surface area contributed by atoms with Gasteiger partial charge in [-0.3, -0.25) is 4.79 Å². The van der Waals surface area contributed by atoms with Gasteiger partial charge in [-0.15, -0.1) is 0 Å². The van der Waals surface area contributed by atoms with Gasteiger partial charge in [0.15, 0.2) is 0 Å². The molecule has 1 aliphatic heterocycles. The second-order valence-corrected chi connectivity index (χ2v) is 5.85. The summed E-state index contributed by atoms with van der Waals surface area (Å²) in [4.78, 5) is 12.0. The fourth-order valence-corrected chi connectivity index (χ4v) is 2.61. The lowest BCUT2D eigenvalue weighted by Crippen LogP contribution is -2.22. The van der Waals surface area contributed by atoms with Crippen molar-refractivity contribution in [2.24, 2.45) is 0 Å². The van der Waals surface area contributed by atoms with E-state index in [-0.39, 0.29) is 24.4 Å². The summed E-state index contributed by atoms with van der Waals surface area (Å²) in [6.07, 6.45) is 2.21. The molecule has 5 nitrogen and oxygen atoms in total. The Bertz CT molecular complexity index is 700. The van der Waals surface area contributed by atoms with Crippen LogP contribution in [-0.4, -0.2) is 31.8 Å². The average Bonchev–Trinajstić information content (AvgIpc) is 3.14. The zero-order valence-electron chi connectivity index (χ0n) is 13.8. The number of hydrogen-bond acceptors (Lipinski definition) is 4. The predicted octanol–water partition coefficient (Wildman–Crippen LogP) is 3.43. The Hall–Kier alpha value is -2.60. The van der Waals surface area contributed by atoms with E-state index in [0.717, 1.165) is 25.1 Å². The highest BCUT2D eigenvalue weighted by atomic mass is 19.1. The fourth-order valence-electron chi connectivity index (χ4n) is 2.61. The lowest BCUT2D eigenvalue weighted by molar-refractivity contribution is -0.114. The van der Waals surface area contributed by atoms with E-state index in [1.807, 2.05) is 24.3 Å². The van der Waals surface area contributed by atoms with Gasteiger partial charge in [-0.1, -0.05) is 12.1 Å². The second kappa shape index (κ2) is 8.48. The minimum atomic E-state index is -0.339. The summed E-state index contributed by atoms with van der Waals surface area (Å²) in [5, 5.41) is 5.77. The van der Waals surface area contributed by atoms with Gasteiger partial charge in [0.1, 0.15) is 18.2 Å². The van der Waals surface area contributed by atoms with Crippen molar-refractivity contribution >= 4 is 17.3 Å². The van der Waals surface area contributed by atoms with Gasteiger partial charge in [-0.25, -0.2) is 4.39 Å². The van der Waals surface area contributed by atoms with Gasteiger partial charge in [0.05, 0.1) is 18.3 Å². The Balaban J connectivity index is 1.51. The van der Waals surface area contributed by atoms with E-state index < -0.39 is 0 Å². The molecule has 1 atom stereocenters. The van der Waals surface area contributed by atoms with Crippen LogP contribution in [0.4, 0.5) is 15.8 Å². The van der Waals surface area contributed by atoms with E-state index >= 15 is 0 Å². The molecule has 2 N–H and O–H groups in total. The van der Waals surface area contributed by atoms with Gasteiger partial charge in [-0.2, -0.15) is 0 Å². The highest BCUT2D eigenvalue weighted by Crippen LogP contribution is 2.25. The van der Waals surface area contributed by atoms with Crippen LogP contribution >= 0.6 is 0 Å². The van der Waals surface area contributed by atoms with Crippen LogP contribution in [0.3, 0.4) is 0 Å². The van der Waals surface area contributed by atoms with Crippen LogP contribution < -0.4 is 15.4 Å². The molecule has 6 heteroatoms. The molecule has 0 radical (unpaired) electrons. The fraction of sp³-hybridized carbons (Fsp3) is 0.316. The molecule has 0 aromatic heterocycles. The third kappa shape index (κ3) is 5.19. The lowest BCUT2D eigenvalue weighted by atomic mass is 10.2. The van der Waals surface area contributed by atoms with Crippen LogP contribution in [0.5, 0.6) is 5.75 Å². The van der Waals surface area contributed by atoms with Crippen molar-refractivity contribution in [3.63, 3.8) is 0 Å². The second-order valence-electron chi connectivity index (χ2n) is 5.85. The first-order valence-corrected chi connectivity index (χ1v) is 8.33. The van der Waals surface area contributed by atoms with Crippen molar-refractivity contribution in [2.45, 2.75) is 18.9 Å². The average molecular weight is 344 g/mol. The molecule has 0 aliphatic carbocycles. The lowest BCUT2D eigenvalue weighted by Gasteiger charge is -2.15. The minimum absolute atomic E-state index is 0.0810. The van der Waals surface area contributed by atoms with E-state index in [1.54, 1.807) is 0 Å². The van der Waals surface area contributed by atoms with Crippen LogP contribution in [0.1, 0.15) is 12.8 Å². The third-order valence-electron chi connectivity index (χ3n) is 3.90. The van der Waals surface area contributed by atoms with Crippen molar-refractivity contribution in [3.8, 4) is 5.75 Å². The molecule has 2 aromatic rings. The maximum atomic E-state index is 12.9. The molecule has 1 fully saturated rings. The molecular weight excluding hydrogens is 323 g/mol. The van der Waals surface area contributed by atoms with E-state index in [4.69, 9.17) is 9.47 Å². The molecule has 1 unspecified atom stereocenters. The minimum Gasteiger partial charge on any atom is -0.489 e. The molecule has 0 bridgehead atoms. The molecule has 2 aromatic carbocycles. The number of anilines is 2. The Kier molecular flexibility index (Phi) is 5.85. The first-order valence-electron chi connectivity index (χ1n) is 8.33. The molecule has 3 rings (SSSR count). The zero-order valence-corrected chi connectivity index (χ0v) is 13.8. The van der Waals surface area contributed by atoms with E-state index in [0.29, 0.717) is 18.0 Å². The van der Waals surface area contributed by atoms with Crippen LogP contribution in [0.15, 0.2) is 48.5 Å². The molecule has 1 aliphatic rings. The van der Waals surface area contributed by atoms with Crippen molar-refractivity contribution in [1.82, 2.24) is 0 Å². The molecule has 1 amide bonds. The van der Waals surface area contributed by atoms with Gasteiger partial charge < -0.3 is 20.1 Å². The van der Waals surface area contributed by atoms with Crippen LogP contribution in [0.25, 0.3) is 0 Å². The smallest absolute Gasteiger partial charge is 0.243 e. The summed E-state index contributed by atoms with van der Waals surface area (Å²) in [6, 6.07) is 13.1. The van der Waals surface area contributed by atoms with E-state index in [1.165, 1.54) is 24.3 Å². The summed E-state index contributed by atoms with van der Waals surface area (Å²) in [5.74, 6) is 0.126. The Morgan fingerprint density at radius 3 is 2.76 bits per heavy atom. The number of carbonyl (C=O) groups excluding carboxylic acids is 1. The van der Waals surface area contributed by atoms with Gasteiger partial charge in [0, 0.05) is 12.3 Å². The number of benzene rings is 2. The molecule has 0 spiro atoms. The van der Waals surface area contributed by atoms with Gasteiger partial charge in [-0.05, 0) is 49.2 Å². The molecule has 1 heterocycles. The molecule has 0 saturated carbocycles. The van der Waals surface area contributed by atoms with Crippen molar-refractivity contribution in [3.05, 3.63) is 54.3 Å². The normalized spacial score (nSPS) is 16.4. The van der Waals surface area contributed by atoms with Crippen LogP contribution in [-0.2, 0) is 9.53 Å². The van der Waals surface area contributed by atoms with E-state index in [9.17, 15) is 9.18 Å². The molecule has 25 heavy (non-hydrogen) atoms. The number of carbonyl (C=O) groups is 1. The SMILES string of the molecule is O=C(CNc1ccccc1OCC1CCCO1)Nc1ccc(F)cc1. The first kappa shape index (κ1) is 17.2. The summed E-state index contributed by atoms with van der Waals surface area (Å²) in [7, 11) is 0. The van der Waals surface area contributed by atoms with Crippen molar-refractivity contribution in [2.75, 3.05) is 30.4 Å². The monoisotopic (exact) mass is 344 g/mol. The number of ether oxygens (including phenoxy) is 2. The number of halogens is 1. The summed E-state index contributed by atoms with van der Waals surface area (Å²) < 4.78 is 24.2. The number of rotatable bonds is 7. The summed E-state index contributed by atoms with van der Waals surface area (Å²) >= 11 is 0. The largest absolute Gasteiger partial charge is 0.489 e. The summed E-state index contributed by atoms with van der Waals surface area (Å²) in [6.45, 7) is 1.37. The highest BCUT2D eigenvalue weighted by Gasteiger charge is 2.16. The van der Waals surface area contributed by atoms with Crippen LogP contribution in [0, 0.1) is 5.82 Å². The van der Waals surface area contributed by atoms with Gasteiger partial charge >= 0.3 is 0 Å². The Morgan fingerprint density at radius 1 is 1.20 bits per heavy atom. The predicted molar refractivity (Wildman–Crippen MR) is 94.4 cm³/mol. The van der Waals surface area contributed by atoms with Gasteiger partial charge in [0.2, 0.25) is 5.91 Å². The standard InChI is InChI=1S/C19H21FN2O3/c20-14-7-9-15(10-8-14)22-19(23)12-21-17-5-1-2-6-18(17)25-13-16-4-3-11-24-16/h1-2,5-10,16,21H,3-4,11-13H2,(H,22,23). The topological polar surface area (TPSA) is 59.6 Å². The van der Waals surface area contributed by atoms with Gasteiger partial charge in [0.25, 0.3) is 0 Å². The number of amides is 1. The van der Waals surface area contributed by atoms with Crippen molar-refractivity contribution < 1.29 is 18.7 Å². The number of nitrogens with one attached hydrogen (secondary N) is 2. The Morgan fingerprint density at radius 2 is 2.00 bits per heavy atom. The molecule has 1 saturated heterocycles. The summed E-state index contributed by atoms with van der Waals surface area (Å²) in [5.41, 5.74) is 1.30.